The predicted octanol–water partition coefficient (Wildman–Crippen LogP) is 5.24. The summed E-state index contributed by atoms with van der Waals surface area (Å²) in [6, 6.07) is 5.04. The summed E-state index contributed by atoms with van der Waals surface area (Å²) < 4.78 is 0.188. The third-order valence-corrected chi connectivity index (χ3v) is 9.56. The Bertz CT molecular complexity index is 1060. The van der Waals surface area contributed by atoms with Crippen molar-refractivity contribution in [2.75, 3.05) is 13.1 Å². The molecule has 1 spiro atoms. The van der Waals surface area contributed by atoms with E-state index < -0.39 is 0 Å². The van der Waals surface area contributed by atoms with Gasteiger partial charge in [-0.2, -0.15) is 0 Å². The largest absolute Gasteiger partial charge is 0.378 e. The first-order valence-electron chi connectivity index (χ1n) is 11.3. The van der Waals surface area contributed by atoms with Crippen LogP contribution in [0.3, 0.4) is 0 Å². The van der Waals surface area contributed by atoms with E-state index in [0.717, 1.165) is 22.7 Å². The van der Waals surface area contributed by atoms with Gasteiger partial charge in [0.2, 0.25) is 0 Å². The normalized spacial score (nSPS) is 30.9. The Kier molecular flexibility index (Phi) is 5.62. The fourth-order valence-corrected chi connectivity index (χ4v) is 8.46. The monoisotopic (exact) mass is 450 g/mol. The molecule has 0 amide bonds. The minimum absolute atomic E-state index is 0.188. The summed E-state index contributed by atoms with van der Waals surface area (Å²) in [5.41, 5.74) is 9.49. The Balaban J connectivity index is 1.46. The van der Waals surface area contributed by atoms with Gasteiger partial charge in [-0.1, -0.05) is 24.1 Å². The molecule has 2 fully saturated rings. The second kappa shape index (κ2) is 8.27. The van der Waals surface area contributed by atoms with Crippen LogP contribution < -0.4 is 5.73 Å². The molecule has 31 heavy (non-hydrogen) atoms. The van der Waals surface area contributed by atoms with Crippen LogP contribution in [0.5, 0.6) is 0 Å². The fourth-order valence-electron chi connectivity index (χ4n) is 5.77. The first-order chi connectivity index (χ1) is 15.0. The summed E-state index contributed by atoms with van der Waals surface area (Å²) in [7, 11) is 0. The van der Waals surface area contributed by atoms with Crippen molar-refractivity contribution in [1.82, 2.24) is 9.88 Å². The maximum Gasteiger partial charge on any atom is 0.155 e. The molecule has 2 N–H and O–H groups in total. The van der Waals surface area contributed by atoms with E-state index >= 15 is 0 Å². The molecule has 1 saturated heterocycles. The van der Waals surface area contributed by atoms with Crippen LogP contribution in [0.25, 0.3) is 11.1 Å². The summed E-state index contributed by atoms with van der Waals surface area (Å²) in [6.45, 7) is 6.63. The van der Waals surface area contributed by atoms with Crippen LogP contribution in [0.4, 0.5) is 0 Å². The Labute approximate surface area is 193 Å². The van der Waals surface area contributed by atoms with Gasteiger partial charge in [-0.25, -0.2) is 0 Å². The highest BCUT2D eigenvalue weighted by atomic mass is 32.2. The average molecular weight is 451 g/mol. The topological polar surface area (TPSA) is 54.5 Å². The molecule has 6 heteroatoms. The van der Waals surface area contributed by atoms with E-state index in [4.69, 9.17) is 10.7 Å². The minimum Gasteiger partial charge on any atom is -0.378 e. The number of amidine groups is 1. The molecule has 3 atom stereocenters. The van der Waals surface area contributed by atoms with Crippen molar-refractivity contribution in [3.8, 4) is 23.0 Å². The zero-order chi connectivity index (χ0) is 21.5. The van der Waals surface area contributed by atoms with Crippen molar-refractivity contribution in [2.45, 2.75) is 68.7 Å². The molecule has 3 aliphatic rings. The molecule has 0 radical (unpaired) electrons. The van der Waals surface area contributed by atoms with Crippen LogP contribution in [0.1, 0.15) is 62.8 Å². The summed E-state index contributed by atoms with van der Waals surface area (Å²) in [6.07, 6.45) is 11.3. The van der Waals surface area contributed by atoms with Gasteiger partial charge in [0, 0.05) is 39.2 Å². The molecule has 3 unspecified atom stereocenters. The number of pyridine rings is 1. The highest BCUT2D eigenvalue weighted by Gasteiger charge is 2.53. The molecule has 5 rings (SSSR count). The number of thiophene rings is 1. The Morgan fingerprint density at radius 2 is 2.00 bits per heavy atom. The van der Waals surface area contributed by atoms with Crippen LogP contribution in [-0.2, 0) is 5.54 Å². The number of likely N-dealkylation sites (tertiary alicyclic amines) is 1. The smallest absolute Gasteiger partial charge is 0.155 e. The van der Waals surface area contributed by atoms with Crippen molar-refractivity contribution >= 4 is 28.3 Å². The van der Waals surface area contributed by atoms with E-state index in [9.17, 15) is 0 Å². The van der Waals surface area contributed by atoms with Crippen LogP contribution in [0.2, 0.25) is 0 Å². The van der Waals surface area contributed by atoms with Crippen LogP contribution in [-0.4, -0.2) is 38.9 Å². The molecular formula is C25H30N4S2. The Morgan fingerprint density at radius 3 is 2.81 bits per heavy atom. The second-order valence-electron chi connectivity index (χ2n) is 9.26. The number of aliphatic imine (C=N–C) groups is 1. The molecule has 1 aliphatic carbocycles. The molecule has 162 valence electrons. The van der Waals surface area contributed by atoms with E-state index in [1.54, 1.807) is 11.3 Å². The lowest BCUT2D eigenvalue weighted by atomic mass is 9.83. The van der Waals surface area contributed by atoms with Gasteiger partial charge in [-0.15, -0.1) is 17.3 Å². The standard InChI is InChI=1S/C25H30N4S2/c1-3-7-18-12-19(15-27-14-18)20-13-22(30-16-20)24(2)17-25(31-23(26)28-24)9-6-8-21(25)29-10-4-5-11-29/h12-16,21H,4-6,8-11,17H2,1-2H3,(H2,26,28). The van der Waals surface area contributed by atoms with Crippen molar-refractivity contribution in [3.63, 3.8) is 0 Å². The van der Waals surface area contributed by atoms with E-state index in [-0.39, 0.29) is 10.3 Å². The lowest BCUT2D eigenvalue weighted by molar-refractivity contribution is 0.192. The van der Waals surface area contributed by atoms with Crippen molar-refractivity contribution in [3.05, 3.63) is 40.3 Å². The first-order valence-corrected chi connectivity index (χ1v) is 13.0. The van der Waals surface area contributed by atoms with Gasteiger partial charge in [0.05, 0.1) is 5.54 Å². The quantitative estimate of drug-likeness (QED) is 0.650. The molecule has 2 aromatic heterocycles. The zero-order valence-corrected chi connectivity index (χ0v) is 20.0. The van der Waals surface area contributed by atoms with Gasteiger partial charge in [0.15, 0.2) is 5.17 Å². The molecule has 2 aromatic rings. The number of rotatable bonds is 3. The maximum atomic E-state index is 6.51. The Hall–Kier alpha value is -1.81. The molecule has 4 nitrogen and oxygen atoms in total. The molecule has 1 saturated carbocycles. The lowest BCUT2D eigenvalue weighted by Gasteiger charge is -2.46. The minimum atomic E-state index is -0.269. The van der Waals surface area contributed by atoms with Crippen molar-refractivity contribution in [1.29, 1.82) is 0 Å². The van der Waals surface area contributed by atoms with Gasteiger partial charge < -0.3 is 5.73 Å². The number of nitrogens with two attached hydrogens (primary N) is 1. The molecule has 0 aromatic carbocycles. The number of thioether (sulfide) groups is 1. The second-order valence-corrected chi connectivity index (χ2v) is 11.6. The number of aromatic nitrogens is 1. The molecule has 0 bridgehead atoms. The van der Waals surface area contributed by atoms with Crippen molar-refractivity contribution in [2.24, 2.45) is 10.7 Å². The van der Waals surface area contributed by atoms with E-state index in [0.29, 0.717) is 6.04 Å². The SMILES string of the molecule is CC#Cc1cncc(-c2csc(C3(C)CC4(CCCC4N4CCCC4)SC(N)=N3)c2)c1. The van der Waals surface area contributed by atoms with Crippen LogP contribution in [0, 0.1) is 11.8 Å². The highest BCUT2D eigenvalue weighted by Crippen LogP contribution is 2.55. The van der Waals surface area contributed by atoms with E-state index in [2.05, 4.69) is 46.2 Å². The summed E-state index contributed by atoms with van der Waals surface area (Å²) in [5.74, 6) is 6.07. The highest BCUT2D eigenvalue weighted by molar-refractivity contribution is 8.15. The molecular weight excluding hydrogens is 420 g/mol. The van der Waals surface area contributed by atoms with E-state index in [1.807, 2.05) is 31.1 Å². The van der Waals surface area contributed by atoms with Gasteiger partial charge >= 0.3 is 0 Å². The van der Waals surface area contributed by atoms with Crippen molar-refractivity contribution < 1.29 is 0 Å². The summed E-state index contributed by atoms with van der Waals surface area (Å²) >= 11 is 3.66. The van der Waals surface area contributed by atoms with Crippen LogP contribution >= 0.6 is 23.1 Å². The maximum absolute atomic E-state index is 6.51. The van der Waals surface area contributed by atoms with Gasteiger partial charge in [-0.05, 0) is 82.1 Å². The fraction of sp³-hybridized carbons (Fsp3) is 0.520. The number of nitrogens with zero attached hydrogens (tertiary/aromatic N) is 3. The number of hydrogen-bond donors (Lipinski definition) is 1. The third kappa shape index (κ3) is 3.92. The average Bonchev–Trinajstić information content (AvgIpc) is 3.49. The molecule has 4 heterocycles. The number of hydrogen-bond acceptors (Lipinski definition) is 6. The van der Waals surface area contributed by atoms with E-state index in [1.165, 1.54) is 55.6 Å². The first kappa shape index (κ1) is 21.1. The van der Waals surface area contributed by atoms with Gasteiger partial charge in [0.25, 0.3) is 0 Å². The zero-order valence-electron chi connectivity index (χ0n) is 18.4. The predicted molar refractivity (Wildman–Crippen MR) is 132 cm³/mol. The van der Waals surface area contributed by atoms with Gasteiger partial charge in [0.1, 0.15) is 0 Å². The summed E-state index contributed by atoms with van der Waals surface area (Å²) in [4.78, 5) is 13.5. The molecule has 2 aliphatic heterocycles. The summed E-state index contributed by atoms with van der Waals surface area (Å²) in [5, 5.41) is 2.99. The lowest BCUT2D eigenvalue weighted by Crippen LogP contribution is -2.52. The van der Waals surface area contributed by atoms with Gasteiger partial charge in [-0.3, -0.25) is 14.9 Å². The third-order valence-electron chi connectivity index (χ3n) is 7.05. The van der Waals surface area contributed by atoms with Crippen LogP contribution in [0.15, 0.2) is 34.9 Å². The Morgan fingerprint density at radius 1 is 1.16 bits per heavy atom.